The van der Waals surface area contributed by atoms with Crippen molar-refractivity contribution in [2.75, 3.05) is 47.1 Å². The first kappa shape index (κ1) is 18.1. The number of ether oxygens (including phenoxy) is 2. The van der Waals surface area contributed by atoms with E-state index in [1.807, 2.05) is 6.07 Å². The molecule has 0 amide bonds. The summed E-state index contributed by atoms with van der Waals surface area (Å²) >= 11 is 1.72. The van der Waals surface area contributed by atoms with E-state index in [9.17, 15) is 0 Å². The summed E-state index contributed by atoms with van der Waals surface area (Å²) < 4.78 is 10.3. The van der Waals surface area contributed by atoms with Gasteiger partial charge in [-0.3, -0.25) is 4.90 Å². The van der Waals surface area contributed by atoms with Crippen LogP contribution >= 0.6 is 11.3 Å². The molecular formula is C16H25NO3S. The van der Waals surface area contributed by atoms with Gasteiger partial charge in [0.2, 0.25) is 0 Å². The summed E-state index contributed by atoms with van der Waals surface area (Å²) in [5, 5.41) is 8.73. The lowest BCUT2D eigenvalue weighted by atomic mass is 10.3. The average Bonchev–Trinajstić information content (AvgIpc) is 2.92. The largest absolute Gasteiger partial charge is 0.395 e. The number of thiophene rings is 1. The maximum atomic E-state index is 8.73. The zero-order valence-corrected chi connectivity index (χ0v) is 13.7. The highest BCUT2D eigenvalue weighted by atomic mass is 32.1. The number of aliphatic hydroxyl groups excluding tert-OH is 1. The Morgan fingerprint density at radius 2 is 2.00 bits per heavy atom. The third-order valence-electron chi connectivity index (χ3n) is 2.92. The van der Waals surface area contributed by atoms with Crippen LogP contribution in [0.1, 0.15) is 22.6 Å². The Morgan fingerprint density at radius 3 is 2.71 bits per heavy atom. The number of rotatable bonds is 10. The van der Waals surface area contributed by atoms with Gasteiger partial charge in [-0.1, -0.05) is 11.8 Å². The van der Waals surface area contributed by atoms with Crippen LogP contribution in [-0.2, 0) is 16.0 Å². The van der Waals surface area contributed by atoms with Crippen molar-refractivity contribution in [1.82, 2.24) is 4.90 Å². The van der Waals surface area contributed by atoms with Gasteiger partial charge >= 0.3 is 0 Å². The predicted octanol–water partition coefficient (Wildman–Crippen LogP) is 1.97. The summed E-state index contributed by atoms with van der Waals surface area (Å²) in [6.07, 6.45) is 1.55. The van der Waals surface area contributed by atoms with Gasteiger partial charge in [-0.25, -0.2) is 0 Å². The molecule has 1 aromatic rings. The Morgan fingerprint density at radius 1 is 1.19 bits per heavy atom. The summed E-state index contributed by atoms with van der Waals surface area (Å²) in [7, 11) is 3.46. The van der Waals surface area contributed by atoms with E-state index in [2.05, 4.69) is 22.8 Å². The Bertz CT molecular complexity index is 436. The minimum atomic E-state index is 0.121. The zero-order chi connectivity index (χ0) is 15.3. The summed E-state index contributed by atoms with van der Waals surface area (Å²) in [4.78, 5) is 4.73. The lowest BCUT2D eigenvalue weighted by Gasteiger charge is -2.20. The highest BCUT2D eigenvalue weighted by Crippen LogP contribution is 2.17. The smallest absolute Gasteiger partial charge is 0.0771 e. The molecule has 4 nitrogen and oxygen atoms in total. The van der Waals surface area contributed by atoms with E-state index >= 15 is 0 Å². The predicted molar refractivity (Wildman–Crippen MR) is 86.5 cm³/mol. The van der Waals surface area contributed by atoms with Gasteiger partial charge in [0.1, 0.15) is 0 Å². The van der Waals surface area contributed by atoms with Crippen molar-refractivity contribution >= 4 is 11.3 Å². The molecule has 0 aliphatic carbocycles. The topological polar surface area (TPSA) is 41.9 Å². The van der Waals surface area contributed by atoms with E-state index in [1.165, 1.54) is 4.88 Å². The van der Waals surface area contributed by atoms with Crippen LogP contribution in [0, 0.1) is 11.8 Å². The monoisotopic (exact) mass is 311 g/mol. The zero-order valence-electron chi connectivity index (χ0n) is 12.9. The van der Waals surface area contributed by atoms with Gasteiger partial charge in [0, 0.05) is 51.8 Å². The summed E-state index contributed by atoms with van der Waals surface area (Å²) in [5.74, 6) is 6.03. The second-order valence-electron chi connectivity index (χ2n) is 4.66. The van der Waals surface area contributed by atoms with Gasteiger partial charge in [0.05, 0.1) is 18.1 Å². The molecule has 1 N–H and O–H groups in total. The fourth-order valence-corrected chi connectivity index (χ4v) is 2.80. The van der Waals surface area contributed by atoms with E-state index in [1.54, 1.807) is 25.6 Å². The van der Waals surface area contributed by atoms with Crippen LogP contribution in [0.2, 0.25) is 0 Å². The standard InChI is InChI=1S/C16H25NO3S/c1-19-12-5-9-17(10-13-20-2)14-16-8-7-15(21-16)6-3-4-11-18/h7-8,18H,4-5,9-14H2,1-2H3. The normalized spacial score (nSPS) is 10.7. The highest BCUT2D eigenvalue weighted by Gasteiger charge is 2.07. The van der Waals surface area contributed by atoms with Crippen LogP contribution in [0.3, 0.4) is 0 Å². The number of aliphatic hydroxyl groups is 1. The molecule has 0 saturated carbocycles. The van der Waals surface area contributed by atoms with E-state index in [0.717, 1.165) is 44.1 Å². The first-order chi connectivity index (χ1) is 10.3. The average molecular weight is 311 g/mol. The molecule has 1 aromatic heterocycles. The molecule has 0 aromatic carbocycles. The molecular weight excluding hydrogens is 286 g/mol. The van der Waals surface area contributed by atoms with Crippen molar-refractivity contribution in [3.05, 3.63) is 21.9 Å². The molecule has 118 valence electrons. The molecule has 1 heterocycles. The lowest BCUT2D eigenvalue weighted by molar-refractivity contribution is 0.130. The maximum Gasteiger partial charge on any atom is 0.0771 e. The first-order valence-electron chi connectivity index (χ1n) is 7.18. The molecule has 0 aliphatic heterocycles. The molecule has 0 radical (unpaired) electrons. The second-order valence-corrected chi connectivity index (χ2v) is 5.82. The van der Waals surface area contributed by atoms with Crippen molar-refractivity contribution in [2.45, 2.75) is 19.4 Å². The Balaban J connectivity index is 2.50. The van der Waals surface area contributed by atoms with Crippen LogP contribution in [0.4, 0.5) is 0 Å². The Kier molecular flexibility index (Phi) is 10.1. The van der Waals surface area contributed by atoms with Gasteiger partial charge in [0.15, 0.2) is 0 Å². The number of methoxy groups -OCH3 is 2. The molecule has 1 rings (SSSR count). The quantitative estimate of drug-likeness (QED) is 0.530. The van der Waals surface area contributed by atoms with Crippen molar-refractivity contribution < 1.29 is 14.6 Å². The molecule has 0 fully saturated rings. The van der Waals surface area contributed by atoms with Crippen LogP contribution in [0.5, 0.6) is 0 Å². The van der Waals surface area contributed by atoms with Gasteiger partial charge in [-0.2, -0.15) is 0 Å². The van der Waals surface area contributed by atoms with Crippen LogP contribution in [-0.4, -0.2) is 57.1 Å². The van der Waals surface area contributed by atoms with E-state index in [-0.39, 0.29) is 6.61 Å². The number of hydrogen-bond acceptors (Lipinski definition) is 5. The van der Waals surface area contributed by atoms with Crippen molar-refractivity contribution in [1.29, 1.82) is 0 Å². The SMILES string of the molecule is COCCCN(CCOC)Cc1ccc(C#CCCO)s1. The van der Waals surface area contributed by atoms with E-state index in [0.29, 0.717) is 6.42 Å². The fourth-order valence-electron chi connectivity index (χ4n) is 1.88. The van der Waals surface area contributed by atoms with Crippen molar-refractivity contribution in [3.63, 3.8) is 0 Å². The van der Waals surface area contributed by atoms with Gasteiger partial charge in [-0.15, -0.1) is 11.3 Å². The van der Waals surface area contributed by atoms with Crippen LogP contribution in [0.15, 0.2) is 12.1 Å². The third kappa shape index (κ3) is 8.20. The molecule has 0 unspecified atom stereocenters. The number of hydrogen-bond donors (Lipinski definition) is 1. The molecule has 21 heavy (non-hydrogen) atoms. The van der Waals surface area contributed by atoms with Crippen molar-refractivity contribution in [2.24, 2.45) is 0 Å². The summed E-state index contributed by atoms with van der Waals surface area (Å²) in [6, 6.07) is 4.18. The van der Waals surface area contributed by atoms with Crippen LogP contribution in [0.25, 0.3) is 0 Å². The lowest BCUT2D eigenvalue weighted by Crippen LogP contribution is -2.28. The van der Waals surface area contributed by atoms with Gasteiger partial charge < -0.3 is 14.6 Å². The molecule has 0 spiro atoms. The summed E-state index contributed by atoms with van der Waals surface area (Å²) in [6.45, 7) is 4.48. The fraction of sp³-hybridized carbons (Fsp3) is 0.625. The molecule has 0 atom stereocenters. The minimum absolute atomic E-state index is 0.121. The molecule has 5 heteroatoms. The maximum absolute atomic E-state index is 8.73. The second kappa shape index (κ2) is 11.7. The molecule has 0 bridgehead atoms. The van der Waals surface area contributed by atoms with Crippen molar-refractivity contribution in [3.8, 4) is 11.8 Å². The summed E-state index contributed by atoms with van der Waals surface area (Å²) in [5.41, 5.74) is 0. The molecule has 0 saturated heterocycles. The van der Waals surface area contributed by atoms with Crippen LogP contribution < -0.4 is 0 Å². The van der Waals surface area contributed by atoms with Gasteiger partial charge in [0.25, 0.3) is 0 Å². The van der Waals surface area contributed by atoms with E-state index in [4.69, 9.17) is 14.6 Å². The Hall–Kier alpha value is -0.900. The highest BCUT2D eigenvalue weighted by molar-refractivity contribution is 7.12. The number of nitrogens with zero attached hydrogens (tertiary/aromatic N) is 1. The third-order valence-corrected chi connectivity index (χ3v) is 3.91. The first-order valence-corrected chi connectivity index (χ1v) is 8.00. The van der Waals surface area contributed by atoms with E-state index < -0.39 is 0 Å². The Labute approximate surface area is 131 Å². The van der Waals surface area contributed by atoms with Gasteiger partial charge in [-0.05, 0) is 18.6 Å². The molecule has 0 aliphatic rings. The minimum Gasteiger partial charge on any atom is -0.395 e.